The number of halogens is 2. The van der Waals surface area contributed by atoms with Crippen LogP contribution in [0, 0.1) is 6.92 Å². The Morgan fingerprint density at radius 2 is 2.13 bits per heavy atom. The number of ether oxygens (including phenoxy) is 1. The van der Waals surface area contributed by atoms with Gasteiger partial charge in [0.05, 0.1) is 35.0 Å². The van der Waals surface area contributed by atoms with Crippen molar-refractivity contribution in [3.8, 4) is 0 Å². The quantitative estimate of drug-likeness (QED) is 0.571. The van der Waals surface area contributed by atoms with Gasteiger partial charge in [0, 0.05) is 26.2 Å². The van der Waals surface area contributed by atoms with Crippen LogP contribution in [-0.2, 0) is 17.8 Å². The van der Waals surface area contributed by atoms with Crippen molar-refractivity contribution in [2.45, 2.75) is 26.1 Å². The normalized spacial score (nSPS) is 17.0. The van der Waals surface area contributed by atoms with Crippen LogP contribution in [0.5, 0.6) is 0 Å². The van der Waals surface area contributed by atoms with Crippen molar-refractivity contribution in [1.82, 2.24) is 20.5 Å². The summed E-state index contributed by atoms with van der Waals surface area (Å²) in [4.78, 5) is 29.7. The number of carboxylic acids is 1. The number of amides is 2. The van der Waals surface area contributed by atoms with Crippen LogP contribution in [-0.4, -0.2) is 59.3 Å². The lowest BCUT2D eigenvalue weighted by Crippen LogP contribution is -2.48. The van der Waals surface area contributed by atoms with E-state index in [-0.39, 0.29) is 23.6 Å². The van der Waals surface area contributed by atoms with Gasteiger partial charge in [0.1, 0.15) is 9.88 Å². The number of hydrogen-bond donors (Lipinski definition) is 3. The standard InChI is InChI=1S/C19H22Cl2N4O4S/c1-11-17(18(26)27)30-16(24-11)8-23-19(28)22-7-13-10-25(4-5-29-13)9-12-2-3-14(20)15(21)6-12/h2-3,6,13H,4-5,7-10H2,1H3,(H,26,27)(H2,22,23,28). The Labute approximate surface area is 188 Å². The average molecular weight is 473 g/mol. The maximum Gasteiger partial charge on any atom is 0.347 e. The Morgan fingerprint density at radius 1 is 1.33 bits per heavy atom. The SMILES string of the molecule is Cc1nc(CNC(=O)NCC2CN(Cc3ccc(Cl)c(Cl)c3)CCO2)sc1C(=O)O. The number of nitrogens with one attached hydrogen (secondary N) is 2. The molecule has 8 nitrogen and oxygen atoms in total. The lowest BCUT2D eigenvalue weighted by Gasteiger charge is -2.33. The van der Waals surface area contributed by atoms with Gasteiger partial charge >= 0.3 is 12.0 Å². The van der Waals surface area contributed by atoms with Crippen molar-refractivity contribution in [3.63, 3.8) is 0 Å². The minimum absolute atomic E-state index is 0.131. The van der Waals surface area contributed by atoms with Crippen LogP contribution in [0.25, 0.3) is 0 Å². The minimum atomic E-state index is -1.01. The molecule has 1 atom stereocenters. The number of hydrogen-bond acceptors (Lipinski definition) is 6. The molecule has 0 radical (unpaired) electrons. The molecule has 1 aromatic carbocycles. The number of carbonyl (C=O) groups is 2. The summed E-state index contributed by atoms with van der Waals surface area (Å²) < 4.78 is 5.74. The summed E-state index contributed by atoms with van der Waals surface area (Å²) >= 11 is 13.1. The second-order valence-corrected chi connectivity index (χ2v) is 8.77. The number of benzene rings is 1. The summed E-state index contributed by atoms with van der Waals surface area (Å²) in [6.45, 7) is 4.92. The molecule has 30 heavy (non-hydrogen) atoms. The number of urea groups is 1. The second kappa shape index (κ2) is 10.4. The highest BCUT2D eigenvalue weighted by Crippen LogP contribution is 2.23. The van der Waals surface area contributed by atoms with E-state index in [9.17, 15) is 9.59 Å². The number of morpholine rings is 1. The number of carboxylic acid groups (broad SMARTS) is 1. The first-order chi connectivity index (χ1) is 14.3. The highest BCUT2D eigenvalue weighted by atomic mass is 35.5. The van der Waals surface area contributed by atoms with Gasteiger partial charge in [0.15, 0.2) is 0 Å². The molecule has 0 bridgehead atoms. The molecule has 1 aliphatic rings. The minimum Gasteiger partial charge on any atom is -0.477 e. The van der Waals surface area contributed by atoms with Crippen molar-refractivity contribution < 1.29 is 19.4 Å². The van der Waals surface area contributed by atoms with Crippen molar-refractivity contribution in [2.75, 3.05) is 26.2 Å². The maximum atomic E-state index is 12.1. The van der Waals surface area contributed by atoms with Crippen molar-refractivity contribution in [1.29, 1.82) is 0 Å². The molecule has 0 aliphatic carbocycles. The third-order valence-electron chi connectivity index (χ3n) is 4.54. The fraction of sp³-hybridized carbons (Fsp3) is 0.421. The zero-order valence-electron chi connectivity index (χ0n) is 16.3. The Bertz CT molecular complexity index is 924. The summed E-state index contributed by atoms with van der Waals surface area (Å²) in [5, 5.41) is 16.1. The fourth-order valence-electron chi connectivity index (χ4n) is 3.09. The molecule has 0 saturated carbocycles. The van der Waals surface area contributed by atoms with Crippen molar-refractivity contribution >= 4 is 46.5 Å². The highest BCUT2D eigenvalue weighted by Gasteiger charge is 2.21. The van der Waals surface area contributed by atoms with Crippen molar-refractivity contribution in [2.24, 2.45) is 0 Å². The second-order valence-electron chi connectivity index (χ2n) is 6.87. The first-order valence-corrected chi connectivity index (χ1v) is 10.9. The van der Waals surface area contributed by atoms with Crippen LogP contribution in [0.1, 0.15) is 25.9 Å². The molecule has 1 fully saturated rings. The average Bonchev–Trinajstić information content (AvgIpc) is 3.09. The smallest absolute Gasteiger partial charge is 0.347 e. The van der Waals surface area contributed by atoms with E-state index in [4.69, 9.17) is 33.0 Å². The Hall–Kier alpha value is -1.91. The predicted octanol–water partition coefficient (Wildman–Crippen LogP) is 3.16. The van der Waals surface area contributed by atoms with Gasteiger partial charge in [0.2, 0.25) is 0 Å². The number of nitrogens with zero attached hydrogens (tertiary/aromatic N) is 2. The Kier molecular flexibility index (Phi) is 7.90. The van der Waals surface area contributed by atoms with E-state index in [1.54, 1.807) is 13.0 Å². The summed E-state index contributed by atoms with van der Waals surface area (Å²) in [5.41, 5.74) is 1.51. The molecule has 3 rings (SSSR count). The molecule has 2 amide bonds. The Balaban J connectivity index is 1.42. The van der Waals surface area contributed by atoms with Gasteiger partial charge in [-0.15, -0.1) is 11.3 Å². The monoisotopic (exact) mass is 472 g/mol. The zero-order chi connectivity index (χ0) is 21.7. The van der Waals surface area contributed by atoms with E-state index in [2.05, 4.69) is 20.5 Å². The number of aryl methyl sites for hydroxylation is 1. The highest BCUT2D eigenvalue weighted by molar-refractivity contribution is 7.13. The van der Waals surface area contributed by atoms with Crippen LogP contribution in [0.3, 0.4) is 0 Å². The topological polar surface area (TPSA) is 104 Å². The van der Waals surface area contributed by atoms with E-state index >= 15 is 0 Å². The van der Waals surface area contributed by atoms with E-state index in [0.29, 0.717) is 40.4 Å². The first-order valence-electron chi connectivity index (χ1n) is 9.31. The lowest BCUT2D eigenvalue weighted by atomic mass is 10.2. The van der Waals surface area contributed by atoms with E-state index in [1.807, 2.05) is 12.1 Å². The molecular weight excluding hydrogens is 451 g/mol. The van der Waals surface area contributed by atoms with Crippen LogP contribution >= 0.6 is 34.5 Å². The molecule has 1 saturated heterocycles. The van der Waals surface area contributed by atoms with Crippen LogP contribution in [0.4, 0.5) is 4.79 Å². The van der Waals surface area contributed by atoms with Gasteiger partial charge in [-0.05, 0) is 24.6 Å². The zero-order valence-corrected chi connectivity index (χ0v) is 18.6. The van der Waals surface area contributed by atoms with Gasteiger partial charge in [-0.2, -0.15) is 0 Å². The number of aromatic carboxylic acids is 1. The summed E-state index contributed by atoms with van der Waals surface area (Å²) in [5.74, 6) is -1.01. The molecule has 1 aromatic heterocycles. The Morgan fingerprint density at radius 3 is 2.83 bits per heavy atom. The van der Waals surface area contributed by atoms with Crippen molar-refractivity contribution in [3.05, 3.63) is 49.4 Å². The summed E-state index contributed by atoms with van der Waals surface area (Å²) in [6.07, 6.45) is -0.131. The van der Waals surface area contributed by atoms with E-state index in [1.165, 1.54) is 0 Å². The largest absolute Gasteiger partial charge is 0.477 e. The third kappa shape index (κ3) is 6.29. The van der Waals surface area contributed by atoms with E-state index < -0.39 is 5.97 Å². The number of aromatic nitrogens is 1. The molecule has 162 valence electrons. The van der Waals surface area contributed by atoms with Gasteiger partial charge in [-0.3, -0.25) is 4.90 Å². The molecule has 3 N–H and O–H groups in total. The van der Waals surface area contributed by atoms with Gasteiger partial charge in [0.25, 0.3) is 0 Å². The number of rotatable bonds is 7. The van der Waals surface area contributed by atoms with Gasteiger partial charge in [-0.1, -0.05) is 29.3 Å². The molecule has 0 spiro atoms. The van der Waals surface area contributed by atoms with E-state index in [0.717, 1.165) is 30.0 Å². The molecule has 11 heteroatoms. The fourth-order valence-corrected chi connectivity index (χ4v) is 4.26. The van der Waals surface area contributed by atoms with Gasteiger partial charge in [-0.25, -0.2) is 14.6 Å². The third-order valence-corrected chi connectivity index (χ3v) is 6.42. The molecular formula is C19H22Cl2N4O4S. The lowest BCUT2D eigenvalue weighted by molar-refractivity contribution is -0.0287. The van der Waals surface area contributed by atoms with Crippen LogP contribution in [0.15, 0.2) is 18.2 Å². The molecule has 1 aliphatic heterocycles. The molecule has 2 aromatic rings. The maximum absolute atomic E-state index is 12.1. The first kappa shape index (κ1) is 22.8. The number of carbonyl (C=O) groups excluding carboxylic acids is 1. The van der Waals surface area contributed by atoms with Gasteiger partial charge < -0.3 is 20.5 Å². The summed E-state index contributed by atoms with van der Waals surface area (Å²) in [7, 11) is 0. The van der Waals surface area contributed by atoms with Crippen LogP contribution in [0.2, 0.25) is 10.0 Å². The van der Waals surface area contributed by atoms with Crippen LogP contribution < -0.4 is 10.6 Å². The number of thiazole rings is 1. The molecule has 1 unspecified atom stereocenters. The molecule has 2 heterocycles. The predicted molar refractivity (Wildman–Crippen MR) is 116 cm³/mol. The summed E-state index contributed by atoms with van der Waals surface area (Å²) in [6, 6.07) is 5.23.